The van der Waals surface area contributed by atoms with Gasteiger partial charge in [-0.15, -0.1) is 0 Å². The molecule has 2 aromatic carbocycles. The molecule has 28 heavy (non-hydrogen) atoms. The van der Waals surface area contributed by atoms with Gasteiger partial charge in [0.05, 0.1) is 16.9 Å². The lowest BCUT2D eigenvalue weighted by molar-refractivity contribution is -0.207. The van der Waals surface area contributed by atoms with Gasteiger partial charge in [-0.2, -0.15) is 0 Å². The van der Waals surface area contributed by atoms with E-state index in [1.807, 2.05) is 43.3 Å². The predicted octanol–water partition coefficient (Wildman–Crippen LogP) is 2.92. The molecule has 4 rings (SSSR count). The lowest BCUT2D eigenvalue weighted by Gasteiger charge is -2.25. The highest BCUT2D eigenvalue weighted by Gasteiger charge is 2.49. The van der Waals surface area contributed by atoms with Gasteiger partial charge in [-0.05, 0) is 29.8 Å². The molecule has 1 aliphatic heterocycles. The summed E-state index contributed by atoms with van der Waals surface area (Å²) >= 11 is 0. The second-order valence-electron chi connectivity index (χ2n) is 6.78. The van der Waals surface area contributed by atoms with Crippen molar-refractivity contribution in [2.24, 2.45) is 0 Å². The molecule has 7 nitrogen and oxygen atoms in total. The van der Waals surface area contributed by atoms with E-state index in [4.69, 9.17) is 13.9 Å². The number of anilines is 2. The number of rotatable bonds is 4. The number of hydrogen-bond donors (Lipinski definition) is 1. The summed E-state index contributed by atoms with van der Waals surface area (Å²) in [6.07, 6.45) is 0. The Kier molecular flexibility index (Phi) is 4.21. The summed E-state index contributed by atoms with van der Waals surface area (Å²) in [7, 11) is 6.53. The highest BCUT2D eigenvalue weighted by atomic mass is 16.7. The molecule has 0 fully saturated rings. The lowest BCUT2D eigenvalue weighted by atomic mass is 9.97. The third-order valence-corrected chi connectivity index (χ3v) is 5.02. The number of fused-ring (bicyclic) bond motifs is 2. The zero-order valence-electron chi connectivity index (χ0n) is 16.0. The number of benzene rings is 2. The van der Waals surface area contributed by atoms with Gasteiger partial charge in [0.25, 0.3) is 11.7 Å². The number of methoxy groups -OCH3 is 2. The first-order valence-electron chi connectivity index (χ1n) is 8.72. The highest BCUT2D eigenvalue weighted by Crippen LogP contribution is 2.46. The van der Waals surface area contributed by atoms with Crippen LogP contribution in [0.4, 0.5) is 11.4 Å². The summed E-state index contributed by atoms with van der Waals surface area (Å²) in [5, 5.41) is 3.64. The number of amides is 1. The Morgan fingerprint density at radius 3 is 2.43 bits per heavy atom. The second kappa shape index (κ2) is 6.47. The zero-order valence-corrected chi connectivity index (χ0v) is 16.0. The molecule has 7 heteroatoms. The maximum absolute atomic E-state index is 12.7. The molecule has 0 atom stereocenters. The Balaban J connectivity index is 2.02. The molecule has 1 N–H and O–H groups in total. The van der Waals surface area contributed by atoms with E-state index in [1.165, 1.54) is 14.2 Å². The molecule has 1 aromatic heterocycles. The molecule has 0 aliphatic carbocycles. The fourth-order valence-electron chi connectivity index (χ4n) is 3.60. The van der Waals surface area contributed by atoms with Gasteiger partial charge >= 0.3 is 5.63 Å². The minimum Gasteiger partial charge on any atom is -0.422 e. The van der Waals surface area contributed by atoms with Crippen LogP contribution in [-0.2, 0) is 20.1 Å². The maximum Gasteiger partial charge on any atom is 0.344 e. The molecule has 0 unspecified atom stereocenters. The van der Waals surface area contributed by atoms with E-state index in [9.17, 15) is 9.59 Å². The van der Waals surface area contributed by atoms with Crippen LogP contribution in [-0.4, -0.2) is 34.2 Å². The van der Waals surface area contributed by atoms with E-state index in [0.29, 0.717) is 28.0 Å². The van der Waals surface area contributed by atoms with Crippen LogP contribution in [0.2, 0.25) is 0 Å². The van der Waals surface area contributed by atoms with Gasteiger partial charge < -0.3 is 24.1 Å². The fraction of sp³-hybridized carbons (Fsp3) is 0.238. The van der Waals surface area contributed by atoms with E-state index in [-0.39, 0.29) is 0 Å². The quantitative estimate of drug-likeness (QED) is 0.554. The molecule has 0 radical (unpaired) electrons. The number of para-hydroxylation sites is 1. The summed E-state index contributed by atoms with van der Waals surface area (Å²) in [6.45, 7) is 0. The minimum absolute atomic E-state index is 0.394. The lowest BCUT2D eigenvalue weighted by Crippen LogP contribution is -2.38. The largest absolute Gasteiger partial charge is 0.422 e. The van der Waals surface area contributed by atoms with Gasteiger partial charge in [0.2, 0.25) is 0 Å². The zero-order chi connectivity index (χ0) is 20.1. The summed E-state index contributed by atoms with van der Waals surface area (Å²) in [6, 6.07) is 12.7. The van der Waals surface area contributed by atoms with Crippen molar-refractivity contribution in [1.29, 1.82) is 0 Å². The SMILES string of the molecule is COC1(OC)C(=O)Nc2c(N(C)C)cc(-c3cc4ccccc4oc3=O)cc21. The van der Waals surface area contributed by atoms with Crippen LogP contribution in [0.15, 0.2) is 51.7 Å². The molecule has 2 heterocycles. The fourth-order valence-corrected chi connectivity index (χ4v) is 3.60. The molecule has 0 saturated heterocycles. The molecule has 3 aromatic rings. The van der Waals surface area contributed by atoms with Crippen LogP contribution in [0.5, 0.6) is 0 Å². The average molecular weight is 380 g/mol. The summed E-state index contributed by atoms with van der Waals surface area (Å²) in [4.78, 5) is 27.1. The van der Waals surface area contributed by atoms with Crippen molar-refractivity contribution in [3.63, 3.8) is 0 Å². The van der Waals surface area contributed by atoms with Crippen molar-refractivity contribution in [2.45, 2.75) is 5.79 Å². The van der Waals surface area contributed by atoms with Crippen LogP contribution in [0.1, 0.15) is 5.56 Å². The van der Waals surface area contributed by atoms with E-state index < -0.39 is 17.3 Å². The Hall–Kier alpha value is -3.16. The molecule has 1 aliphatic rings. The van der Waals surface area contributed by atoms with Crippen LogP contribution in [0, 0.1) is 0 Å². The van der Waals surface area contributed by atoms with E-state index in [2.05, 4.69) is 5.32 Å². The van der Waals surface area contributed by atoms with Crippen LogP contribution >= 0.6 is 0 Å². The number of carbonyl (C=O) groups is 1. The minimum atomic E-state index is -1.58. The molecule has 0 bridgehead atoms. The Labute approximate surface area is 161 Å². The summed E-state index contributed by atoms with van der Waals surface area (Å²) in [5.74, 6) is -1.99. The summed E-state index contributed by atoms with van der Waals surface area (Å²) < 4.78 is 16.4. The van der Waals surface area contributed by atoms with Gasteiger partial charge in [0.1, 0.15) is 5.58 Å². The van der Waals surface area contributed by atoms with E-state index in [0.717, 1.165) is 11.1 Å². The van der Waals surface area contributed by atoms with Gasteiger partial charge in [-0.25, -0.2) is 4.79 Å². The first kappa shape index (κ1) is 18.2. The number of nitrogens with zero attached hydrogens (tertiary/aromatic N) is 1. The number of hydrogen-bond acceptors (Lipinski definition) is 6. The Morgan fingerprint density at radius 2 is 1.75 bits per heavy atom. The van der Waals surface area contributed by atoms with Crippen molar-refractivity contribution < 1.29 is 18.7 Å². The first-order valence-corrected chi connectivity index (χ1v) is 8.72. The monoisotopic (exact) mass is 380 g/mol. The third kappa shape index (κ3) is 2.51. The van der Waals surface area contributed by atoms with Crippen LogP contribution < -0.4 is 15.8 Å². The van der Waals surface area contributed by atoms with E-state index in [1.54, 1.807) is 18.2 Å². The number of ether oxygens (including phenoxy) is 2. The standard InChI is InChI=1S/C21H20N2O5/c1-23(2)16-11-13(10-15-18(16)22-20(25)21(15,26-3)27-4)14-9-12-7-5-6-8-17(12)28-19(14)24/h5-11H,1-4H3,(H,22,25). The number of nitrogens with one attached hydrogen (secondary N) is 1. The maximum atomic E-state index is 12.7. The average Bonchev–Trinajstić information content (AvgIpc) is 2.97. The van der Waals surface area contributed by atoms with Crippen LogP contribution in [0.25, 0.3) is 22.1 Å². The van der Waals surface area contributed by atoms with Crippen molar-refractivity contribution in [3.8, 4) is 11.1 Å². The molecular formula is C21H20N2O5. The van der Waals surface area contributed by atoms with Gasteiger partial charge in [-0.3, -0.25) is 4.79 Å². The van der Waals surface area contributed by atoms with Gasteiger partial charge in [-0.1, -0.05) is 18.2 Å². The van der Waals surface area contributed by atoms with Gasteiger partial charge in [0.15, 0.2) is 0 Å². The van der Waals surface area contributed by atoms with Gasteiger partial charge in [0, 0.05) is 39.3 Å². The van der Waals surface area contributed by atoms with Crippen molar-refractivity contribution >= 4 is 28.3 Å². The third-order valence-electron chi connectivity index (χ3n) is 5.02. The molecule has 1 amide bonds. The molecule has 0 saturated carbocycles. The molecular weight excluding hydrogens is 360 g/mol. The first-order chi connectivity index (χ1) is 13.4. The molecule has 0 spiro atoms. The predicted molar refractivity (Wildman–Crippen MR) is 107 cm³/mol. The Bertz CT molecular complexity index is 1150. The molecule has 144 valence electrons. The van der Waals surface area contributed by atoms with E-state index >= 15 is 0 Å². The van der Waals surface area contributed by atoms with Crippen LogP contribution in [0.3, 0.4) is 0 Å². The van der Waals surface area contributed by atoms with Crippen molar-refractivity contribution in [1.82, 2.24) is 0 Å². The summed E-state index contributed by atoms with van der Waals surface area (Å²) in [5.41, 5.74) is 2.89. The highest BCUT2D eigenvalue weighted by molar-refractivity contribution is 6.08. The van der Waals surface area contributed by atoms with Crippen molar-refractivity contribution in [2.75, 3.05) is 38.5 Å². The topological polar surface area (TPSA) is 81.0 Å². The number of carbonyl (C=O) groups excluding carboxylic acids is 1. The smallest absolute Gasteiger partial charge is 0.344 e. The normalized spacial score (nSPS) is 14.8. The second-order valence-corrected chi connectivity index (χ2v) is 6.78. The van der Waals surface area contributed by atoms with Crippen molar-refractivity contribution in [3.05, 3.63) is 58.4 Å². The Morgan fingerprint density at radius 1 is 1.04 bits per heavy atom.